The smallest absolute Gasteiger partial charge is 0.367 e. The molecule has 0 N–H and O–H groups in total. The third-order valence-electron chi connectivity index (χ3n) is 3.21. The molecular formula is C13H14N4O3S. The summed E-state index contributed by atoms with van der Waals surface area (Å²) in [5, 5.41) is 1.80. The van der Waals surface area contributed by atoms with E-state index in [1.165, 1.54) is 0 Å². The van der Waals surface area contributed by atoms with Gasteiger partial charge in [0.15, 0.2) is 0 Å². The lowest BCUT2D eigenvalue weighted by Gasteiger charge is -2.26. The van der Waals surface area contributed by atoms with Crippen molar-refractivity contribution in [1.82, 2.24) is 19.4 Å². The summed E-state index contributed by atoms with van der Waals surface area (Å²) < 4.78 is 6.90. The monoisotopic (exact) mass is 306 g/mol. The maximum absolute atomic E-state index is 12.4. The molecular weight excluding hydrogens is 292 g/mol. The molecule has 3 rings (SSSR count). The molecule has 7 nitrogen and oxygen atoms in total. The molecule has 0 atom stereocenters. The Morgan fingerprint density at radius 3 is 3.10 bits per heavy atom. The Morgan fingerprint density at radius 2 is 2.29 bits per heavy atom. The van der Waals surface area contributed by atoms with E-state index in [-0.39, 0.29) is 23.2 Å². The minimum absolute atomic E-state index is 0.184. The Bertz CT molecular complexity index is 679. The number of thiazole rings is 1. The fourth-order valence-electron chi connectivity index (χ4n) is 2.17. The largest absolute Gasteiger partial charge is 0.461 e. The highest BCUT2D eigenvalue weighted by Gasteiger charge is 2.25. The Morgan fingerprint density at radius 1 is 1.43 bits per heavy atom. The molecule has 0 saturated heterocycles. The van der Waals surface area contributed by atoms with E-state index in [4.69, 9.17) is 4.74 Å². The number of rotatable bonds is 3. The number of imidazole rings is 1. The van der Waals surface area contributed by atoms with Crippen molar-refractivity contribution >= 4 is 23.2 Å². The van der Waals surface area contributed by atoms with Crippen molar-refractivity contribution in [2.75, 3.05) is 13.2 Å². The Balaban J connectivity index is 1.73. The zero-order chi connectivity index (χ0) is 14.8. The number of hydrogen-bond donors (Lipinski definition) is 0. The van der Waals surface area contributed by atoms with E-state index >= 15 is 0 Å². The molecule has 0 aromatic carbocycles. The van der Waals surface area contributed by atoms with Gasteiger partial charge < -0.3 is 14.2 Å². The average molecular weight is 306 g/mol. The minimum Gasteiger partial charge on any atom is -0.461 e. The van der Waals surface area contributed by atoms with Gasteiger partial charge in [-0.25, -0.2) is 14.8 Å². The molecule has 110 valence electrons. The molecule has 1 aliphatic heterocycles. The van der Waals surface area contributed by atoms with E-state index < -0.39 is 5.97 Å². The first-order valence-electron chi connectivity index (χ1n) is 6.61. The molecule has 0 radical (unpaired) electrons. The molecule has 0 fully saturated rings. The van der Waals surface area contributed by atoms with Crippen molar-refractivity contribution in [1.29, 1.82) is 0 Å². The van der Waals surface area contributed by atoms with Gasteiger partial charge in [-0.1, -0.05) is 0 Å². The van der Waals surface area contributed by atoms with Crippen LogP contribution in [0.3, 0.4) is 0 Å². The van der Waals surface area contributed by atoms with Crippen LogP contribution in [0.1, 0.15) is 33.0 Å². The second-order valence-electron chi connectivity index (χ2n) is 4.52. The Hall–Kier alpha value is -2.22. The van der Waals surface area contributed by atoms with Gasteiger partial charge in [0.25, 0.3) is 5.91 Å². The first-order valence-corrected chi connectivity index (χ1v) is 7.49. The van der Waals surface area contributed by atoms with Crippen LogP contribution < -0.4 is 0 Å². The molecule has 3 heterocycles. The molecule has 1 aliphatic rings. The number of carbonyl (C=O) groups excluding carboxylic acids is 2. The van der Waals surface area contributed by atoms with Gasteiger partial charge in [0, 0.05) is 30.9 Å². The molecule has 0 spiro atoms. The fourth-order valence-corrected chi connectivity index (χ4v) is 2.85. The average Bonchev–Trinajstić information content (AvgIpc) is 3.15. The number of aromatic nitrogens is 3. The molecule has 2 aromatic rings. The molecule has 1 amide bonds. The number of nitrogens with zero attached hydrogens (tertiary/aromatic N) is 4. The normalized spacial score (nSPS) is 13.9. The summed E-state index contributed by atoms with van der Waals surface area (Å²) in [4.78, 5) is 34.0. The molecule has 21 heavy (non-hydrogen) atoms. The molecule has 0 unspecified atom stereocenters. The van der Waals surface area contributed by atoms with E-state index in [1.54, 1.807) is 23.4 Å². The highest BCUT2D eigenvalue weighted by atomic mass is 32.1. The van der Waals surface area contributed by atoms with Crippen molar-refractivity contribution in [2.45, 2.75) is 20.0 Å². The SMILES string of the molecule is CCOC(=O)c1nc(C(=O)N2CCn3ccnc3C2)cs1. The second-order valence-corrected chi connectivity index (χ2v) is 5.38. The van der Waals surface area contributed by atoms with Crippen LogP contribution in [0, 0.1) is 0 Å². The maximum Gasteiger partial charge on any atom is 0.367 e. The lowest BCUT2D eigenvalue weighted by atomic mass is 10.3. The highest BCUT2D eigenvalue weighted by molar-refractivity contribution is 7.11. The van der Waals surface area contributed by atoms with Crippen LogP contribution in [0.2, 0.25) is 0 Å². The maximum atomic E-state index is 12.4. The van der Waals surface area contributed by atoms with Gasteiger partial charge in [-0.3, -0.25) is 4.79 Å². The molecule has 8 heteroatoms. The number of carbonyl (C=O) groups is 2. The van der Waals surface area contributed by atoms with Crippen LogP contribution in [0.25, 0.3) is 0 Å². The quantitative estimate of drug-likeness (QED) is 0.796. The number of ether oxygens (including phenoxy) is 1. The first-order chi connectivity index (χ1) is 10.2. The van der Waals surface area contributed by atoms with E-state index in [0.29, 0.717) is 13.1 Å². The summed E-state index contributed by atoms with van der Waals surface area (Å²) in [6.07, 6.45) is 3.63. The van der Waals surface area contributed by atoms with Crippen LogP contribution >= 0.6 is 11.3 Å². The predicted octanol–water partition coefficient (Wildman–Crippen LogP) is 1.17. The van der Waals surface area contributed by atoms with Gasteiger partial charge in [0.2, 0.25) is 5.01 Å². The Labute approximate surface area is 125 Å². The number of amides is 1. The van der Waals surface area contributed by atoms with Gasteiger partial charge in [0.1, 0.15) is 11.5 Å². The zero-order valence-corrected chi connectivity index (χ0v) is 12.3. The summed E-state index contributed by atoms with van der Waals surface area (Å²) in [7, 11) is 0. The number of hydrogen-bond acceptors (Lipinski definition) is 6. The lowest BCUT2D eigenvalue weighted by Crippen LogP contribution is -2.38. The van der Waals surface area contributed by atoms with E-state index in [9.17, 15) is 9.59 Å². The molecule has 0 saturated carbocycles. The zero-order valence-electron chi connectivity index (χ0n) is 11.5. The van der Waals surface area contributed by atoms with Gasteiger partial charge >= 0.3 is 5.97 Å². The lowest BCUT2D eigenvalue weighted by molar-refractivity contribution is 0.0525. The van der Waals surface area contributed by atoms with Crippen molar-refractivity contribution in [3.05, 3.63) is 34.3 Å². The summed E-state index contributed by atoms with van der Waals surface area (Å²) in [5.41, 5.74) is 0.281. The van der Waals surface area contributed by atoms with Crippen LogP contribution in [0.4, 0.5) is 0 Å². The summed E-state index contributed by atoms with van der Waals surface area (Å²) in [6, 6.07) is 0. The van der Waals surface area contributed by atoms with Crippen LogP contribution in [0.5, 0.6) is 0 Å². The molecule has 0 bridgehead atoms. The van der Waals surface area contributed by atoms with Crippen molar-refractivity contribution in [3.8, 4) is 0 Å². The van der Waals surface area contributed by atoms with E-state index in [0.717, 1.165) is 23.7 Å². The first kappa shape index (κ1) is 13.7. The van der Waals surface area contributed by atoms with E-state index in [2.05, 4.69) is 9.97 Å². The fraction of sp³-hybridized carbons (Fsp3) is 0.385. The van der Waals surface area contributed by atoms with Gasteiger partial charge in [-0.15, -0.1) is 11.3 Å². The van der Waals surface area contributed by atoms with Gasteiger partial charge in [-0.2, -0.15) is 0 Å². The predicted molar refractivity (Wildman–Crippen MR) is 75.0 cm³/mol. The third-order valence-corrected chi connectivity index (χ3v) is 4.03. The van der Waals surface area contributed by atoms with E-state index in [1.807, 2.05) is 10.8 Å². The summed E-state index contributed by atoms with van der Waals surface area (Å²) >= 11 is 1.12. The van der Waals surface area contributed by atoms with Crippen LogP contribution in [-0.2, 0) is 17.8 Å². The van der Waals surface area contributed by atoms with Crippen LogP contribution in [0.15, 0.2) is 17.8 Å². The Kier molecular flexibility index (Phi) is 3.70. The standard InChI is InChI=1S/C13H14N4O3S/c1-2-20-13(19)11-15-9(8-21-11)12(18)17-6-5-16-4-3-14-10(16)7-17/h3-4,8H,2,5-7H2,1H3. The van der Waals surface area contributed by atoms with Crippen molar-refractivity contribution in [2.24, 2.45) is 0 Å². The van der Waals surface area contributed by atoms with Crippen molar-refractivity contribution in [3.63, 3.8) is 0 Å². The van der Waals surface area contributed by atoms with Gasteiger partial charge in [0.05, 0.1) is 13.2 Å². The number of fused-ring (bicyclic) bond motifs is 1. The van der Waals surface area contributed by atoms with Crippen molar-refractivity contribution < 1.29 is 14.3 Å². The van der Waals surface area contributed by atoms with Crippen LogP contribution in [-0.4, -0.2) is 44.5 Å². The molecule has 0 aliphatic carbocycles. The molecule has 2 aromatic heterocycles. The number of esters is 1. The van der Waals surface area contributed by atoms with Gasteiger partial charge in [-0.05, 0) is 6.92 Å². The second kappa shape index (κ2) is 5.65. The summed E-state index contributed by atoms with van der Waals surface area (Å²) in [6.45, 7) is 3.80. The minimum atomic E-state index is -0.490. The third kappa shape index (κ3) is 2.66. The summed E-state index contributed by atoms with van der Waals surface area (Å²) in [5.74, 6) is 0.183. The highest BCUT2D eigenvalue weighted by Crippen LogP contribution is 2.17. The topological polar surface area (TPSA) is 77.3 Å².